The normalized spacial score (nSPS) is 12.4. The monoisotopic (exact) mass is 272 g/mol. The molecule has 1 N–H and O–H groups in total. The van der Waals surface area contributed by atoms with Crippen molar-refractivity contribution in [2.24, 2.45) is 5.92 Å². The zero-order valence-electron chi connectivity index (χ0n) is 9.86. The lowest BCUT2D eigenvalue weighted by atomic mass is 9.97. The molecule has 1 aromatic carbocycles. The lowest BCUT2D eigenvalue weighted by molar-refractivity contribution is -0.141. The van der Waals surface area contributed by atoms with E-state index in [2.05, 4.69) is 6.92 Å². The molecule has 1 aromatic rings. The smallest absolute Gasteiger partial charge is 0.306 e. The molecule has 0 spiro atoms. The predicted octanol–water partition coefficient (Wildman–Crippen LogP) is 3.73. The summed E-state index contributed by atoms with van der Waals surface area (Å²) in [7, 11) is 0. The van der Waals surface area contributed by atoms with Gasteiger partial charge in [-0.05, 0) is 42.0 Å². The van der Waals surface area contributed by atoms with E-state index in [-0.39, 0.29) is 5.92 Å². The first-order valence-corrected chi connectivity index (χ1v) is 7.21. The number of hydrogen-bond donors (Lipinski definition) is 1. The van der Waals surface area contributed by atoms with Crippen LogP contribution in [0, 0.1) is 5.92 Å². The first-order valence-electron chi connectivity index (χ1n) is 5.68. The number of carboxylic acids is 1. The maximum atomic E-state index is 11.1. The van der Waals surface area contributed by atoms with Crippen molar-refractivity contribution < 1.29 is 9.90 Å². The Bertz CT molecular complexity index is 368. The van der Waals surface area contributed by atoms with E-state index in [4.69, 9.17) is 16.7 Å². The summed E-state index contributed by atoms with van der Waals surface area (Å²) in [6.45, 7) is 2.08. The van der Waals surface area contributed by atoms with Gasteiger partial charge >= 0.3 is 5.97 Å². The zero-order chi connectivity index (χ0) is 12.7. The molecule has 4 heteroatoms. The van der Waals surface area contributed by atoms with Gasteiger partial charge in [0.25, 0.3) is 0 Å². The van der Waals surface area contributed by atoms with E-state index in [1.165, 1.54) is 0 Å². The molecule has 0 aliphatic heterocycles. The Morgan fingerprint density at radius 1 is 1.53 bits per heavy atom. The van der Waals surface area contributed by atoms with Crippen molar-refractivity contribution in [3.8, 4) is 0 Å². The summed E-state index contributed by atoms with van der Waals surface area (Å²) in [6.07, 6.45) is 1.26. The molecule has 0 aliphatic carbocycles. The van der Waals surface area contributed by atoms with Crippen LogP contribution in [0.2, 0.25) is 5.02 Å². The van der Waals surface area contributed by atoms with Crippen LogP contribution in [0.5, 0.6) is 0 Å². The van der Waals surface area contributed by atoms with Crippen molar-refractivity contribution >= 4 is 29.3 Å². The van der Waals surface area contributed by atoms with Gasteiger partial charge in [-0.3, -0.25) is 4.79 Å². The van der Waals surface area contributed by atoms with Crippen molar-refractivity contribution in [3.63, 3.8) is 0 Å². The van der Waals surface area contributed by atoms with Crippen molar-refractivity contribution in [1.29, 1.82) is 0 Å². The number of carboxylic acid groups (broad SMARTS) is 1. The number of hydrogen-bond acceptors (Lipinski definition) is 2. The quantitative estimate of drug-likeness (QED) is 0.769. The summed E-state index contributed by atoms with van der Waals surface area (Å²) >= 11 is 7.66. The fourth-order valence-corrected chi connectivity index (χ4v) is 2.58. The van der Waals surface area contributed by atoms with Crippen LogP contribution in [0.3, 0.4) is 0 Å². The Morgan fingerprint density at radius 2 is 2.29 bits per heavy atom. The van der Waals surface area contributed by atoms with E-state index < -0.39 is 5.97 Å². The molecule has 0 bridgehead atoms. The molecule has 0 amide bonds. The molecule has 94 valence electrons. The van der Waals surface area contributed by atoms with Crippen LogP contribution in [0.4, 0.5) is 0 Å². The van der Waals surface area contributed by atoms with Crippen LogP contribution in [0.1, 0.15) is 18.9 Å². The molecular weight excluding hydrogens is 256 g/mol. The maximum Gasteiger partial charge on any atom is 0.306 e. The van der Waals surface area contributed by atoms with E-state index in [9.17, 15) is 4.79 Å². The molecule has 1 unspecified atom stereocenters. The Kier molecular flexibility index (Phi) is 6.45. The van der Waals surface area contributed by atoms with Crippen LogP contribution in [-0.4, -0.2) is 22.6 Å². The van der Waals surface area contributed by atoms with Crippen LogP contribution in [0.15, 0.2) is 24.3 Å². The number of aliphatic carboxylic acids is 1. The van der Waals surface area contributed by atoms with Gasteiger partial charge in [0, 0.05) is 5.02 Å². The summed E-state index contributed by atoms with van der Waals surface area (Å²) in [4.78, 5) is 11.1. The predicted molar refractivity (Wildman–Crippen MR) is 73.9 cm³/mol. The van der Waals surface area contributed by atoms with Gasteiger partial charge in [0.2, 0.25) is 0 Å². The van der Waals surface area contributed by atoms with Crippen molar-refractivity contribution in [1.82, 2.24) is 0 Å². The molecule has 1 atom stereocenters. The van der Waals surface area contributed by atoms with Crippen molar-refractivity contribution in [2.75, 3.05) is 11.5 Å². The largest absolute Gasteiger partial charge is 0.481 e. The Morgan fingerprint density at radius 3 is 2.88 bits per heavy atom. The average Bonchev–Trinajstić information content (AvgIpc) is 2.28. The minimum absolute atomic E-state index is 0.312. The van der Waals surface area contributed by atoms with Crippen LogP contribution in [-0.2, 0) is 11.2 Å². The van der Waals surface area contributed by atoms with Crippen molar-refractivity contribution in [3.05, 3.63) is 34.9 Å². The second-order valence-corrected chi connectivity index (χ2v) is 5.69. The summed E-state index contributed by atoms with van der Waals surface area (Å²) in [5, 5.41) is 9.82. The van der Waals surface area contributed by atoms with E-state index >= 15 is 0 Å². The zero-order valence-corrected chi connectivity index (χ0v) is 11.4. The highest BCUT2D eigenvalue weighted by atomic mass is 35.5. The van der Waals surface area contributed by atoms with Gasteiger partial charge in [0.1, 0.15) is 0 Å². The number of carbonyl (C=O) groups is 1. The highest BCUT2D eigenvalue weighted by Crippen LogP contribution is 2.18. The molecule has 1 rings (SSSR count). The van der Waals surface area contributed by atoms with E-state index in [1.54, 1.807) is 17.8 Å². The van der Waals surface area contributed by atoms with Gasteiger partial charge in [-0.25, -0.2) is 0 Å². The molecular formula is C13H17ClO2S. The molecule has 0 aromatic heterocycles. The summed E-state index contributed by atoms with van der Waals surface area (Å²) in [5.41, 5.74) is 0.992. The molecule has 0 heterocycles. The molecule has 0 aliphatic rings. The summed E-state index contributed by atoms with van der Waals surface area (Å²) in [6, 6.07) is 7.42. The Balaban J connectivity index is 2.57. The van der Waals surface area contributed by atoms with Gasteiger partial charge in [0.15, 0.2) is 0 Å². The van der Waals surface area contributed by atoms with Gasteiger partial charge in [-0.1, -0.05) is 30.7 Å². The fraction of sp³-hybridized carbons (Fsp3) is 0.462. The van der Waals surface area contributed by atoms with Gasteiger partial charge in [-0.15, -0.1) is 0 Å². The lowest BCUT2D eigenvalue weighted by Crippen LogP contribution is -2.17. The molecule has 0 fully saturated rings. The van der Waals surface area contributed by atoms with Gasteiger partial charge < -0.3 is 5.11 Å². The third-order valence-electron chi connectivity index (χ3n) is 2.54. The Labute approximate surface area is 111 Å². The third kappa shape index (κ3) is 5.46. The highest BCUT2D eigenvalue weighted by molar-refractivity contribution is 7.99. The molecule has 0 radical (unpaired) electrons. The topological polar surface area (TPSA) is 37.3 Å². The van der Waals surface area contributed by atoms with Crippen molar-refractivity contribution in [2.45, 2.75) is 19.8 Å². The molecule has 2 nitrogen and oxygen atoms in total. The van der Waals surface area contributed by atoms with Crippen LogP contribution >= 0.6 is 23.4 Å². The lowest BCUT2D eigenvalue weighted by Gasteiger charge is -2.12. The summed E-state index contributed by atoms with van der Waals surface area (Å²) < 4.78 is 0. The van der Waals surface area contributed by atoms with E-state index in [1.807, 2.05) is 18.2 Å². The second-order valence-electron chi connectivity index (χ2n) is 3.85. The second kappa shape index (κ2) is 7.62. The molecule has 0 saturated carbocycles. The van der Waals surface area contributed by atoms with E-state index in [0.29, 0.717) is 17.9 Å². The number of thioether (sulfide) groups is 1. The maximum absolute atomic E-state index is 11.1. The van der Waals surface area contributed by atoms with E-state index in [0.717, 1.165) is 17.1 Å². The average molecular weight is 273 g/mol. The first kappa shape index (κ1) is 14.4. The van der Waals surface area contributed by atoms with Crippen LogP contribution < -0.4 is 0 Å². The Hall–Kier alpha value is -0.670. The fourth-order valence-electron chi connectivity index (χ4n) is 1.63. The standard InChI is InChI=1S/C13H17ClO2S/c1-2-17-7-6-11(13(15)16)8-10-4-3-5-12(14)9-10/h3-5,9,11H,2,6-8H2,1H3,(H,15,16). The SMILES string of the molecule is CCSCCC(Cc1cccc(Cl)c1)C(=O)O. The number of benzene rings is 1. The summed E-state index contributed by atoms with van der Waals surface area (Å²) in [5.74, 6) is 0.895. The van der Waals surface area contributed by atoms with Crippen LogP contribution in [0.25, 0.3) is 0 Å². The number of halogens is 1. The minimum Gasteiger partial charge on any atom is -0.481 e. The number of rotatable bonds is 7. The molecule has 0 saturated heterocycles. The molecule has 17 heavy (non-hydrogen) atoms. The highest BCUT2D eigenvalue weighted by Gasteiger charge is 2.17. The van der Waals surface area contributed by atoms with Gasteiger partial charge in [-0.2, -0.15) is 11.8 Å². The first-order chi connectivity index (χ1) is 8.13. The van der Waals surface area contributed by atoms with Gasteiger partial charge in [0.05, 0.1) is 5.92 Å². The third-order valence-corrected chi connectivity index (χ3v) is 3.70. The minimum atomic E-state index is -0.721.